The Morgan fingerprint density at radius 2 is 0.958 bits per heavy atom. The summed E-state index contributed by atoms with van der Waals surface area (Å²) in [5.41, 5.74) is 3.63. The quantitative estimate of drug-likeness (QED) is 0.0665. The molecule has 96 heavy (non-hydrogen) atoms. The summed E-state index contributed by atoms with van der Waals surface area (Å²) in [6.07, 6.45) is 30.7. The number of allylic oxidation sites excluding steroid dienone is 27. The van der Waals surface area contributed by atoms with Gasteiger partial charge in [0.1, 0.15) is 218 Å². The molecule has 2 atom stereocenters. The van der Waals surface area contributed by atoms with E-state index in [0.29, 0.717) is 45.0 Å². The summed E-state index contributed by atoms with van der Waals surface area (Å²) >= 11 is 0. The van der Waals surface area contributed by atoms with Crippen LogP contribution in [0.2, 0.25) is 6.32 Å². The van der Waals surface area contributed by atoms with Crippen molar-refractivity contribution in [3.63, 3.8) is 0 Å². The number of rotatable bonds is 15. The SMILES string of the molecule is [B]C/C(=C([B])\C([B])=C(\[B])C#C)N(C1=CC=C2C=CC3=C(N(C4=C(c5c([B])c([B])c([B])c([B])c5[B])C=C(c5c([B])c([B])c([B])c([B])c5[B])C4)/C(C([B])=C)=C([B])/C([B])=C(/[B])C)C=CC4=CC=C1C2C43)/C(C#C)=C(/C=C(\C)c1c([B])c([B])c([B])c([B])c1[B])c1c([B])c([B])c([B])c([B])c1[B]. The second-order valence-corrected chi connectivity index (χ2v) is 23.3. The van der Waals surface area contributed by atoms with Gasteiger partial charge in [0.25, 0.3) is 0 Å². The maximum atomic E-state index is 7.20. The molecule has 0 aliphatic heterocycles. The van der Waals surface area contributed by atoms with Crippen LogP contribution in [0.1, 0.15) is 42.5 Å². The molecular weight excluding hydrogens is 1120 g/mol. The summed E-state index contributed by atoms with van der Waals surface area (Å²) in [5.74, 6) is 3.97. The molecule has 9 rings (SSSR count). The third kappa shape index (κ3) is 12.1. The molecule has 2 nitrogen and oxygen atoms in total. The summed E-state index contributed by atoms with van der Waals surface area (Å²) in [7, 11) is 188. The van der Waals surface area contributed by atoms with Crippen molar-refractivity contribution in [3.8, 4) is 24.7 Å². The standard InChI is InChI=1S/C66H26B28N2/c1-6-30(70)43(72)44(73)35(19-67)95(31(7-2)28(40-49(78)57(86)63(92)58(87)50(40)79)16-20(3)36-45(74)53(82)61(90)54(83)46(36)75)32-14-10-23-9-13-27-33(15-11-24-8-12-26(32)37(23)38(24)27)96(66(22(5)69)65(94)42(71)21(4)68)34-18-25(39-47(76)55(84)62(91)56(85)48(39)77)17-29(34)41-51(80)59(88)64(93)60(89)52(41)81/h1-2,8-17,37-38H,5,18-19H2,3-4H3/b20-16+,31-28-,42-21-,43-30-,44-35-,66-65-. The molecule has 5 aliphatic rings. The maximum Gasteiger partial charge on any atom is 0.125 e. The summed E-state index contributed by atoms with van der Waals surface area (Å²) in [6.45, 7) is 7.47. The molecule has 0 saturated heterocycles. The van der Waals surface area contributed by atoms with Crippen LogP contribution in [0.15, 0.2) is 162 Å². The molecule has 4 aromatic rings. The minimum absolute atomic E-state index is 0.00299. The van der Waals surface area contributed by atoms with E-state index in [9.17, 15) is 0 Å². The minimum atomic E-state index is -0.632. The van der Waals surface area contributed by atoms with Crippen LogP contribution >= 0.6 is 0 Å². The van der Waals surface area contributed by atoms with Gasteiger partial charge in [0, 0.05) is 52.2 Å². The summed E-state index contributed by atoms with van der Waals surface area (Å²) in [5, 5.41) is 0. The highest BCUT2D eigenvalue weighted by Gasteiger charge is 2.44. The summed E-state index contributed by atoms with van der Waals surface area (Å²) in [6, 6.07) is 0. The van der Waals surface area contributed by atoms with Gasteiger partial charge in [0.05, 0.1) is 13.5 Å². The van der Waals surface area contributed by atoms with Crippen LogP contribution in [0.5, 0.6) is 0 Å². The fourth-order valence-corrected chi connectivity index (χ4v) is 12.6. The Morgan fingerprint density at radius 3 is 1.43 bits per heavy atom. The van der Waals surface area contributed by atoms with Gasteiger partial charge in [-0.15, -0.1) is 101 Å². The van der Waals surface area contributed by atoms with Crippen LogP contribution in [0.25, 0.3) is 22.3 Å². The van der Waals surface area contributed by atoms with Crippen molar-refractivity contribution >= 4 is 351 Å². The molecule has 0 saturated carbocycles. The van der Waals surface area contributed by atoms with E-state index in [4.69, 9.17) is 233 Å². The fourth-order valence-electron chi connectivity index (χ4n) is 12.6. The zero-order chi connectivity index (χ0) is 71.2. The number of terminal acetylenes is 2. The molecule has 4 aromatic carbocycles. The molecule has 0 amide bonds. The highest BCUT2D eigenvalue weighted by molar-refractivity contribution is 6.72. The van der Waals surface area contributed by atoms with Gasteiger partial charge in [-0.1, -0.05) is 121 Å². The van der Waals surface area contributed by atoms with E-state index in [1.165, 1.54) is 0 Å². The molecule has 5 aliphatic carbocycles. The topological polar surface area (TPSA) is 6.48 Å². The Hall–Kier alpha value is -6.74. The van der Waals surface area contributed by atoms with Crippen molar-refractivity contribution in [1.82, 2.24) is 9.80 Å². The maximum absolute atomic E-state index is 7.20. The van der Waals surface area contributed by atoms with Crippen LogP contribution in [0.3, 0.4) is 0 Å². The smallest absolute Gasteiger partial charge is 0.125 e. The first kappa shape index (κ1) is 73.5. The van der Waals surface area contributed by atoms with Crippen molar-refractivity contribution in [2.45, 2.75) is 26.6 Å². The predicted molar refractivity (Wildman–Crippen MR) is 433 cm³/mol. The first-order chi connectivity index (χ1) is 45.0. The van der Waals surface area contributed by atoms with Crippen LogP contribution < -0.4 is 109 Å². The second-order valence-electron chi connectivity index (χ2n) is 23.3. The molecule has 0 fully saturated rings. The van der Waals surface area contributed by atoms with Crippen LogP contribution in [-0.4, -0.2) is 229 Å². The molecule has 0 aromatic heterocycles. The number of nitrogens with zero attached hydrogens (tertiary/aromatic N) is 2. The van der Waals surface area contributed by atoms with E-state index in [1.807, 2.05) is 42.5 Å². The van der Waals surface area contributed by atoms with Crippen molar-refractivity contribution in [1.29, 1.82) is 0 Å². The van der Waals surface area contributed by atoms with Crippen LogP contribution in [0, 0.1) is 36.5 Å². The van der Waals surface area contributed by atoms with Gasteiger partial charge in [-0.05, 0) is 93.2 Å². The van der Waals surface area contributed by atoms with E-state index in [1.54, 1.807) is 41.9 Å². The van der Waals surface area contributed by atoms with Gasteiger partial charge < -0.3 is 9.80 Å². The molecule has 0 heterocycles. The van der Waals surface area contributed by atoms with Gasteiger partial charge in [-0.2, -0.15) is 0 Å². The Labute approximate surface area is 604 Å². The molecule has 56 radical (unpaired) electrons. The fraction of sp³-hybridized carbons (Fsp3) is 0.0909. The lowest BCUT2D eigenvalue weighted by molar-refractivity contribution is 0.473. The molecule has 384 valence electrons. The molecule has 30 heteroatoms. The van der Waals surface area contributed by atoms with Crippen molar-refractivity contribution in [2.75, 3.05) is 0 Å². The summed E-state index contributed by atoms with van der Waals surface area (Å²) in [4.78, 5) is 3.36. The van der Waals surface area contributed by atoms with E-state index < -0.39 is 18.2 Å². The lowest BCUT2D eigenvalue weighted by Gasteiger charge is -2.46. The highest BCUT2D eigenvalue weighted by atomic mass is 15.2. The largest absolute Gasteiger partial charge is 0.314 e. The summed E-state index contributed by atoms with van der Waals surface area (Å²) < 4.78 is 0. The van der Waals surface area contributed by atoms with Crippen molar-refractivity contribution < 1.29 is 0 Å². The first-order valence-corrected chi connectivity index (χ1v) is 29.1. The van der Waals surface area contributed by atoms with E-state index in [2.05, 4.69) is 18.4 Å². The predicted octanol–water partition coefficient (Wildman–Crippen LogP) is -12.4. The second kappa shape index (κ2) is 28.2. The van der Waals surface area contributed by atoms with E-state index in [-0.39, 0.29) is 199 Å². The number of hydrogen-bond donors (Lipinski definition) is 0. The van der Waals surface area contributed by atoms with Crippen LogP contribution in [0.4, 0.5) is 0 Å². The monoisotopic (exact) mass is 1150 g/mol. The van der Waals surface area contributed by atoms with Gasteiger partial charge in [-0.25, -0.2) is 0 Å². The van der Waals surface area contributed by atoms with Gasteiger partial charge in [0.2, 0.25) is 0 Å². The zero-order valence-corrected chi connectivity index (χ0v) is 52.8. The van der Waals surface area contributed by atoms with Gasteiger partial charge in [-0.3, -0.25) is 0 Å². The normalized spacial score (nSPS) is 17.6. The van der Waals surface area contributed by atoms with Crippen LogP contribution in [-0.2, 0) is 0 Å². The lowest BCUT2D eigenvalue weighted by atomic mass is 9.59. The Kier molecular flexibility index (Phi) is 21.6. The van der Waals surface area contributed by atoms with Crippen molar-refractivity contribution in [3.05, 3.63) is 184 Å². The Morgan fingerprint density at radius 1 is 0.510 bits per heavy atom. The lowest BCUT2D eigenvalue weighted by Crippen LogP contribution is -2.56. The zero-order valence-electron chi connectivity index (χ0n) is 52.8. The minimum Gasteiger partial charge on any atom is -0.314 e. The molecule has 0 bridgehead atoms. The number of benzene rings is 4. The van der Waals surface area contributed by atoms with Crippen molar-refractivity contribution in [2.24, 2.45) is 11.8 Å². The van der Waals surface area contributed by atoms with E-state index in [0.717, 1.165) is 11.1 Å². The van der Waals surface area contributed by atoms with Gasteiger partial charge in [0.15, 0.2) is 0 Å². The third-order valence-corrected chi connectivity index (χ3v) is 17.9. The first-order valence-electron chi connectivity index (χ1n) is 29.1. The average Bonchev–Trinajstić information content (AvgIpc) is 1.01. The number of hydrogen-bond acceptors (Lipinski definition) is 2. The van der Waals surface area contributed by atoms with Gasteiger partial charge >= 0.3 is 0 Å². The highest BCUT2D eigenvalue weighted by Crippen LogP contribution is 2.55. The molecule has 2 unspecified atom stereocenters. The Balaban J connectivity index is 1.40. The molecule has 0 N–H and O–H groups in total. The average molecular weight is 1150 g/mol. The molecule has 0 spiro atoms. The third-order valence-electron chi connectivity index (χ3n) is 17.9. The Bertz CT molecular complexity index is 4740. The molecular formula is C66H26B28N2. The van der Waals surface area contributed by atoms with E-state index >= 15 is 0 Å².